The molecule has 0 unspecified atom stereocenters. The standard InChI is InChI=1S/C10H14N2O4S/c1-7(13)11-8-4-5-10(16-2)9(6-8)12-17(3,14)15/h4-6,12H,1-3H3,(H,11,13). The molecule has 1 aromatic rings. The van der Waals surface area contributed by atoms with Crippen LogP contribution in [0, 0.1) is 0 Å². The molecule has 0 atom stereocenters. The van der Waals surface area contributed by atoms with E-state index in [9.17, 15) is 13.2 Å². The lowest BCUT2D eigenvalue weighted by molar-refractivity contribution is -0.114. The third-order valence-corrected chi connectivity index (χ3v) is 2.41. The van der Waals surface area contributed by atoms with Crippen molar-refractivity contribution >= 4 is 27.3 Å². The molecule has 1 aromatic carbocycles. The third-order valence-electron chi connectivity index (χ3n) is 1.82. The highest BCUT2D eigenvalue weighted by atomic mass is 32.2. The Hall–Kier alpha value is -1.76. The number of amides is 1. The predicted molar refractivity (Wildman–Crippen MR) is 65.8 cm³/mol. The summed E-state index contributed by atoms with van der Waals surface area (Å²) in [7, 11) is -1.97. The van der Waals surface area contributed by atoms with Gasteiger partial charge in [-0.25, -0.2) is 8.42 Å². The molecule has 0 saturated carbocycles. The minimum atomic E-state index is -3.40. The highest BCUT2D eigenvalue weighted by Crippen LogP contribution is 2.28. The summed E-state index contributed by atoms with van der Waals surface area (Å²) >= 11 is 0. The van der Waals surface area contributed by atoms with Crippen LogP contribution in [-0.4, -0.2) is 27.7 Å². The van der Waals surface area contributed by atoms with E-state index in [1.54, 1.807) is 12.1 Å². The molecular weight excluding hydrogens is 244 g/mol. The topological polar surface area (TPSA) is 84.5 Å². The number of benzene rings is 1. The predicted octanol–water partition coefficient (Wildman–Crippen LogP) is 1.03. The molecule has 0 fully saturated rings. The average molecular weight is 258 g/mol. The van der Waals surface area contributed by atoms with Crippen LogP contribution in [0.2, 0.25) is 0 Å². The first-order valence-electron chi connectivity index (χ1n) is 4.75. The molecule has 0 aliphatic heterocycles. The molecule has 6 nitrogen and oxygen atoms in total. The van der Waals surface area contributed by atoms with Gasteiger partial charge in [-0.3, -0.25) is 9.52 Å². The molecule has 2 N–H and O–H groups in total. The van der Waals surface area contributed by atoms with Crippen molar-refractivity contribution in [3.05, 3.63) is 18.2 Å². The summed E-state index contributed by atoms with van der Waals surface area (Å²) in [5.41, 5.74) is 0.769. The monoisotopic (exact) mass is 258 g/mol. The van der Waals surface area contributed by atoms with Gasteiger partial charge in [0, 0.05) is 12.6 Å². The Morgan fingerprint density at radius 1 is 1.35 bits per heavy atom. The van der Waals surface area contributed by atoms with E-state index in [0.29, 0.717) is 11.4 Å². The van der Waals surface area contributed by atoms with Gasteiger partial charge in [0.05, 0.1) is 19.1 Å². The molecule has 94 valence electrons. The van der Waals surface area contributed by atoms with Crippen LogP contribution in [0.25, 0.3) is 0 Å². The molecule has 0 bridgehead atoms. The van der Waals surface area contributed by atoms with Crippen molar-refractivity contribution < 1.29 is 17.9 Å². The van der Waals surface area contributed by atoms with Crippen molar-refractivity contribution in [2.24, 2.45) is 0 Å². The maximum atomic E-state index is 11.1. The normalized spacial score (nSPS) is 10.8. The second-order valence-corrected chi connectivity index (χ2v) is 5.22. The Morgan fingerprint density at radius 2 is 2.00 bits per heavy atom. The van der Waals surface area contributed by atoms with Crippen LogP contribution < -0.4 is 14.8 Å². The Morgan fingerprint density at radius 3 is 2.47 bits per heavy atom. The third kappa shape index (κ3) is 4.31. The fourth-order valence-corrected chi connectivity index (χ4v) is 1.83. The number of rotatable bonds is 4. The number of ether oxygens (including phenoxy) is 1. The van der Waals surface area contributed by atoms with Crippen molar-refractivity contribution in [3.63, 3.8) is 0 Å². The maximum Gasteiger partial charge on any atom is 0.229 e. The van der Waals surface area contributed by atoms with Gasteiger partial charge in [0.15, 0.2) is 0 Å². The summed E-state index contributed by atoms with van der Waals surface area (Å²) < 4.78 is 29.6. The highest BCUT2D eigenvalue weighted by molar-refractivity contribution is 7.92. The van der Waals surface area contributed by atoms with Gasteiger partial charge in [-0.05, 0) is 18.2 Å². The first kappa shape index (κ1) is 13.3. The van der Waals surface area contributed by atoms with E-state index in [1.165, 1.54) is 20.1 Å². The van der Waals surface area contributed by atoms with Crippen LogP contribution >= 0.6 is 0 Å². The maximum absolute atomic E-state index is 11.1. The molecule has 17 heavy (non-hydrogen) atoms. The van der Waals surface area contributed by atoms with Crippen LogP contribution in [0.3, 0.4) is 0 Å². The number of hydrogen-bond donors (Lipinski definition) is 2. The van der Waals surface area contributed by atoms with E-state index >= 15 is 0 Å². The van der Waals surface area contributed by atoms with Crippen LogP contribution in [0.1, 0.15) is 6.92 Å². The van der Waals surface area contributed by atoms with Gasteiger partial charge in [-0.2, -0.15) is 0 Å². The molecule has 0 spiro atoms. The first-order valence-corrected chi connectivity index (χ1v) is 6.64. The average Bonchev–Trinajstić information content (AvgIpc) is 2.14. The molecular formula is C10H14N2O4S. The number of hydrogen-bond acceptors (Lipinski definition) is 4. The lowest BCUT2D eigenvalue weighted by atomic mass is 10.2. The fourth-order valence-electron chi connectivity index (χ4n) is 1.27. The van der Waals surface area contributed by atoms with Crippen LogP contribution in [-0.2, 0) is 14.8 Å². The van der Waals surface area contributed by atoms with E-state index in [2.05, 4.69) is 10.0 Å². The van der Waals surface area contributed by atoms with Crippen LogP contribution in [0.15, 0.2) is 18.2 Å². The van der Waals surface area contributed by atoms with Gasteiger partial charge in [0.2, 0.25) is 15.9 Å². The van der Waals surface area contributed by atoms with E-state index < -0.39 is 10.0 Å². The van der Waals surface area contributed by atoms with E-state index in [4.69, 9.17) is 4.74 Å². The highest BCUT2D eigenvalue weighted by Gasteiger charge is 2.09. The van der Waals surface area contributed by atoms with Crippen LogP contribution in [0.5, 0.6) is 5.75 Å². The van der Waals surface area contributed by atoms with Crippen molar-refractivity contribution in [1.29, 1.82) is 0 Å². The summed E-state index contributed by atoms with van der Waals surface area (Å²) in [6.07, 6.45) is 1.04. The van der Waals surface area contributed by atoms with E-state index in [-0.39, 0.29) is 11.6 Å². The number of nitrogens with one attached hydrogen (secondary N) is 2. The Labute approximate surface area is 100 Å². The Bertz CT molecular complexity index is 525. The van der Waals surface area contributed by atoms with E-state index in [1.807, 2.05) is 0 Å². The number of carbonyl (C=O) groups excluding carboxylic acids is 1. The van der Waals surface area contributed by atoms with Crippen molar-refractivity contribution in [2.45, 2.75) is 6.92 Å². The van der Waals surface area contributed by atoms with Crippen LogP contribution in [0.4, 0.5) is 11.4 Å². The van der Waals surface area contributed by atoms with E-state index in [0.717, 1.165) is 6.26 Å². The van der Waals surface area contributed by atoms with Gasteiger partial charge < -0.3 is 10.1 Å². The zero-order valence-corrected chi connectivity index (χ0v) is 10.6. The summed E-state index contributed by atoms with van der Waals surface area (Å²) in [5.74, 6) is 0.144. The lowest BCUT2D eigenvalue weighted by Crippen LogP contribution is -2.11. The largest absolute Gasteiger partial charge is 0.495 e. The molecule has 0 aromatic heterocycles. The first-order chi connectivity index (χ1) is 7.81. The molecule has 0 heterocycles. The quantitative estimate of drug-likeness (QED) is 0.844. The van der Waals surface area contributed by atoms with Gasteiger partial charge in [-0.1, -0.05) is 0 Å². The van der Waals surface area contributed by atoms with Gasteiger partial charge in [0.25, 0.3) is 0 Å². The minimum Gasteiger partial charge on any atom is -0.495 e. The van der Waals surface area contributed by atoms with Gasteiger partial charge in [-0.15, -0.1) is 0 Å². The van der Waals surface area contributed by atoms with Crippen molar-refractivity contribution in [2.75, 3.05) is 23.4 Å². The second-order valence-electron chi connectivity index (χ2n) is 3.47. The minimum absolute atomic E-state index is 0.236. The molecule has 0 saturated heterocycles. The molecule has 0 radical (unpaired) electrons. The number of anilines is 2. The lowest BCUT2D eigenvalue weighted by Gasteiger charge is -2.11. The van der Waals surface area contributed by atoms with Gasteiger partial charge >= 0.3 is 0 Å². The molecule has 7 heteroatoms. The molecule has 1 rings (SSSR count). The zero-order valence-electron chi connectivity index (χ0n) is 9.77. The Balaban J connectivity index is 3.10. The number of sulfonamides is 1. The van der Waals surface area contributed by atoms with Crippen molar-refractivity contribution in [3.8, 4) is 5.75 Å². The smallest absolute Gasteiger partial charge is 0.229 e. The zero-order chi connectivity index (χ0) is 13.1. The second kappa shape index (κ2) is 5.05. The number of carbonyl (C=O) groups is 1. The summed E-state index contributed by atoms with van der Waals surface area (Å²) in [4.78, 5) is 10.9. The molecule has 0 aliphatic rings. The summed E-state index contributed by atoms with van der Waals surface area (Å²) in [6, 6.07) is 4.67. The summed E-state index contributed by atoms with van der Waals surface area (Å²) in [5, 5.41) is 2.55. The van der Waals surface area contributed by atoms with Gasteiger partial charge in [0.1, 0.15) is 5.75 Å². The molecule has 0 aliphatic carbocycles. The fraction of sp³-hybridized carbons (Fsp3) is 0.300. The summed E-state index contributed by atoms with van der Waals surface area (Å²) in [6.45, 7) is 1.37. The Kier molecular flexibility index (Phi) is 3.95. The molecule has 1 amide bonds. The SMILES string of the molecule is COc1ccc(NC(C)=O)cc1NS(C)(=O)=O. The van der Waals surface area contributed by atoms with Crippen molar-refractivity contribution in [1.82, 2.24) is 0 Å². The number of methoxy groups -OCH3 is 1.